The van der Waals surface area contributed by atoms with E-state index < -0.39 is 11.9 Å². The van der Waals surface area contributed by atoms with E-state index in [4.69, 9.17) is 27.5 Å². The zero-order chi connectivity index (χ0) is 28.9. The molecule has 0 bridgehead atoms. The molecule has 0 aliphatic rings. The van der Waals surface area contributed by atoms with Crippen LogP contribution in [0.15, 0.2) is 83.9 Å². The first-order chi connectivity index (χ1) is 19.9. The molecule has 0 aliphatic heterocycles. The average Bonchev–Trinajstić information content (AvgIpc) is 3.00. The Balaban J connectivity index is 1.58. The van der Waals surface area contributed by atoms with Gasteiger partial charge in [-0.25, -0.2) is 20.4 Å². The highest BCUT2D eigenvalue weighted by atomic mass is 35.5. The zero-order valence-corrected chi connectivity index (χ0v) is 22.8. The van der Waals surface area contributed by atoms with Crippen LogP contribution >= 0.6 is 11.6 Å². The largest absolute Gasteiger partial charge is 0.382 e. The topological polar surface area (TPSA) is 160 Å². The number of rotatable bonds is 9. The van der Waals surface area contributed by atoms with E-state index in [-0.39, 0.29) is 16.4 Å². The molecule has 0 unspecified atom stereocenters. The van der Waals surface area contributed by atoms with Crippen molar-refractivity contribution in [1.82, 2.24) is 25.0 Å². The minimum Gasteiger partial charge on any atom is -0.382 e. The van der Waals surface area contributed by atoms with Gasteiger partial charge in [0.25, 0.3) is 11.5 Å². The fourth-order valence-electron chi connectivity index (χ4n) is 4.49. The van der Waals surface area contributed by atoms with Gasteiger partial charge in [-0.3, -0.25) is 19.4 Å². The van der Waals surface area contributed by atoms with Crippen molar-refractivity contribution in [3.63, 3.8) is 0 Å². The number of nitrogen functional groups attached to an aromatic ring is 1. The number of halogens is 1. The minimum absolute atomic E-state index is 0.146. The average molecular weight is 571 g/mol. The molecule has 12 heteroatoms. The Bertz CT molecular complexity index is 1760. The van der Waals surface area contributed by atoms with Crippen LogP contribution in [0, 0.1) is 0 Å². The lowest BCUT2D eigenvalue weighted by atomic mass is 10.1. The van der Waals surface area contributed by atoms with Crippen LogP contribution in [0.5, 0.6) is 0 Å². The summed E-state index contributed by atoms with van der Waals surface area (Å²) in [5.41, 5.74) is 10.2. The number of benzene rings is 3. The lowest BCUT2D eigenvalue weighted by molar-refractivity contribution is 0.0706. The van der Waals surface area contributed by atoms with E-state index in [0.29, 0.717) is 52.4 Å². The molecule has 11 nitrogen and oxygen atoms in total. The Labute approximate surface area is 240 Å². The van der Waals surface area contributed by atoms with Crippen LogP contribution in [0.1, 0.15) is 41.1 Å². The summed E-state index contributed by atoms with van der Waals surface area (Å²) >= 11 is 6.36. The molecule has 41 heavy (non-hydrogen) atoms. The molecule has 0 saturated heterocycles. The summed E-state index contributed by atoms with van der Waals surface area (Å²) in [5, 5.41) is 16.1. The van der Waals surface area contributed by atoms with Gasteiger partial charge in [0.05, 0.1) is 22.6 Å². The van der Waals surface area contributed by atoms with E-state index in [0.717, 1.165) is 5.56 Å². The second kappa shape index (κ2) is 12.0. The summed E-state index contributed by atoms with van der Waals surface area (Å²) < 4.78 is 1.59. The predicted octanol–water partition coefficient (Wildman–Crippen LogP) is 4.71. The fraction of sp³-hybridized carbons (Fsp3) is 0.138. The summed E-state index contributed by atoms with van der Waals surface area (Å²) in [5.74, 6) is 0.386. The zero-order valence-electron chi connectivity index (χ0n) is 22.0. The molecular weight excluding hydrogens is 544 g/mol. The van der Waals surface area contributed by atoms with Gasteiger partial charge in [0, 0.05) is 17.8 Å². The fourth-order valence-corrected chi connectivity index (χ4v) is 4.64. The summed E-state index contributed by atoms with van der Waals surface area (Å²) in [7, 11) is 0. The van der Waals surface area contributed by atoms with Gasteiger partial charge in [-0.1, -0.05) is 54.9 Å². The third kappa shape index (κ3) is 5.67. The van der Waals surface area contributed by atoms with Crippen LogP contribution in [0.4, 0.5) is 17.3 Å². The number of nitrogens with one attached hydrogen (secondary N) is 3. The van der Waals surface area contributed by atoms with Crippen LogP contribution in [0.3, 0.4) is 0 Å². The van der Waals surface area contributed by atoms with Gasteiger partial charge in [0.15, 0.2) is 5.82 Å². The molecule has 0 saturated carbocycles. The van der Waals surface area contributed by atoms with Crippen LogP contribution in [0.25, 0.3) is 16.6 Å². The van der Waals surface area contributed by atoms with Gasteiger partial charge in [-0.15, -0.1) is 0 Å². The summed E-state index contributed by atoms with van der Waals surface area (Å²) in [6.45, 7) is 2.36. The maximum atomic E-state index is 14.2. The Morgan fingerprint density at radius 1 is 1.05 bits per heavy atom. The van der Waals surface area contributed by atoms with Crippen LogP contribution in [-0.2, 0) is 6.54 Å². The number of nitrogens with zero attached hydrogens (tertiary/aromatic N) is 4. The highest BCUT2D eigenvalue weighted by Crippen LogP contribution is 2.30. The van der Waals surface area contributed by atoms with E-state index in [1.807, 2.05) is 49.4 Å². The number of hydroxylamine groups is 1. The third-order valence-corrected chi connectivity index (χ3v) is 6.96. The van der Waals surface area contributed by atoms with Gasteiger partial charge in [0.2, 0.25) is 0 Å². The number of nitrogens with two attached hydrogens (primary N) is 1. The van der Waals surface area contributed by atoms with E-state index in [2.05, 4.69) is 20.6 Å². The molecule has 5 aromatic rings. The number of fused-ring (bicyclic) bond motifs is 1. The molecule has 1 amide bonds. The Morgan fingerprint density at radius 3 is 2.51 bits per heavy atom. The Hall–Kier alpha value is -5.00. The molecule has 2 heterocycles. The molecule has 0 aliphatic carbocycles. The van der Waals surface area contributed by atoms with Crippen molar-refractivity contribution >= 4 is 45.7 Å². The van der Waals surface area contributed by atoms with E-state index in [1.165, 1.54) is 6.33 Å². The van der Waals surface area contributed by atoms with Gasteiger partial charge in [-0.2, -0.15) is 0 Å². The van der Waals surface area contributed by atoms with Crippen molar-refractivity contribution in [3.05, 3.63) is 111 Å². The first-order valence-electron chi connectivity index (χ1n) is 12.8. The van der Waals surface area contributed by atoms with Crippen molar-refractivity contribution in [2.24, 2.45) is 0 Å². The second-order valence-corrected chi connectivity index (χ2v) is 9.54. The van der Waals surface area contributed by atoms with Crippen molar-refractivity contribution in [2.75, 3.05) is 16.4 Å². The Morgan fingerprint density at radius 2 is 1.80 bits per heavy atom. The SMILES string of the molecule is CC[C@H](Nc1ncnc(N)c1Cl)c1nc2cccc(NCc3ccc(C(=O)NO)cc3)c2c(=O)n1-c1ccccc1. The standard InChI is InChI=1S/C29H27ClN8O3/c1-2-20(35-26-24(30)25(31)33-16-34-26)27-36-22-10-6-9-21(23(22)29(40)38(27)19-7-4-3-5-8-19)32-15-17-11-13-18(14-12-17)28(39)37-41/h3-14,16,20,32,41H,2,15H2,1H3,(H,37,39)(H3,31,33,34,35)/t20-/m0/s1. The molecule has 0 spiro atoms. The summed E-state index contributed by atoms with van der Waals surface area (Å²) in [6.07, 6.45) is 1.88. The normalized spacial score (nSPS) is 11.7. The number of anilines is 3. The van der Waals surface area contributed by atoms with Crippen molar-refractivity contribution < 1.29 is 10.0 Å². The maximum absolute atomic E-state index is 14.2. The minimum atomic E-state index is -0.591. The number of aromatic nitrogens is 4. The van der Waals surface area contributed by atoms with E-state index in [1.54, 1.807) is 40.4 Å². The monoisotopic (exact) mass is 570 g/mol. The van der Waals surface area contributed by atoms with Gasteiger partial charge >= 0.3 is 0 Å². The third-order valence-electron chi connectivity index (χ3n) is 6.59. The summed E-state index contributed by atoms with van der Waals surface area (Å²) in [6, 6.07) is 21.1. The smallest absolute Gasteiger partial charge is 0.274 e. The number of hydrogen-bond donors (Lipinski definition) is 5. The molecule has 5 rings (SSSR count). The first-order valence-corrected chi connectivity index (χ1v) is 13.2. The van der Waals surface area contributed by atoms with Crippen LogP contribution in [-0.4, -0.2) is 30.6 Å². The molecule has 6 N–H and O–H groups in total. The lowest BCUT2D eigenvalue weighted by Gasteiger charge is -2.23. The van der Waals surface area contributed by atoms with E-state index >= 15 is 0 Å². The first kappa shape index (κ1) is 27.6. The van der Waals surface area contributed by atoms with Gasteiger partial charge < -0.3 is 16.4 Å². The number of para-hydroxylation sites is 1. The highest BCUT2D eigenvalue weighted by molar-refractivity contribution is 6.35. The Kier molecular flexibility index (Phi) is 8.09. The number of amides is 1. The second-order valence-electron chi connectivity index (χ2n) is 9.16. The maximum Gasteiger partial charge on any atom is 0.274 e. The molecule has 3 aromatic carbocycles. The molecule has 0 fully saturated rings. The van der Waals surface area contributed by atoms with Crippen LogP contribution in [0.2, 0.25) is 5.02 Å². The van der Waals surface area contributed by atoms with Crippen molar-refractivity contribution in [3.8, 4) is 5.69 Å². The molecule has 208 valence electrons. The molecular formula is C29H27ClN8O3. The quantitative estimate of drug-likeness (QED) is 0.125. The van der Waals surface area contributed by atoms with Crippen molar-refractivity contribution in [2.45, 2.75) is 25.9 Å². The lowest BCUT2D eigenvalue weighted by Crippen LogP contribution is -2.29. The highest BCUT2D eigenvalue weighted by Gasteiger charge is 2.23. The van der Waals surface area contributed by atoms with E-state index in [9.17, 15) is 9.59 Å². The molecule has 0 radical (unpaired) electrons. The number of carbonyl (C=O) groups is 1. The number of carbonyl (C=O) groups excluding carboxylic acids is 1. The molecule has 1 atom stereocenters. The molecule has 2 aromatic heterocycles. The van der Waals surface area contributed by atoms with Gasteiger partial charge in [0.1, 0.15) is 23.0 Å². The number of hydrogen-bond acceptors (Lipinski definition) is 9. The summed E-state index contributed by atoms with van der Waals surface area (Å²) in [4.78, 5) is 39.0. The van der Waals surface area contributed by atoms with Crippen molar-refractivity contribution in [1.29, 1.82) is 0 Å². The predicted molar refractivity (Wildman–Crippen MR) is 158 cm³/mol. The van der Waals surface area contributed by atoms with Gasteiger partial charge in [-0.05, 0) is 48.4 Å². The van der Waals surface area contributed by atoms with Crippen LogP contribution < -0.4 is 27.4 Å².